The van der Waals surface area contributed by atoms with Crippen molar-refractivity contribution >= 4 is 15.7 Å². The van der Waals surface area contributed by atoms with Gasteiger partial charge in [0, 0.05) is 7.05 Å². The fourth-order valence-corrected chi connectivity index (χ4v) is 3.15. The van der Waals surface area contributed by atoms with Crippen LogP contribution in [0.1, 0.15) is 5.56 Å². The lowest BCUT2D eigenvalue weighted by Gasteiger charge is -2.20. The van der Waals surface area contributed by atoms with Crippen molar-refractivity contribution in [3.05, 3.63) is 58.9 Å². The highest BCUT2D eigenvalue weighted by molar-refractivity contribution is 7.92. The van der Waals surface area contributed by atoms with Gasteiger partial charge in [-0.2, -0.15) is 0 Å². The molecular formula is C14H10F5NO2S. The van der Waals surface area contributed by atoms with E-state index in [1.54, 1.807) is 6.92 Å². The molecule has 0 radical (unpaired) electrons. The van der Waals surface area contributed by atoms with Crippen molar-refractivity contribution in [2.45, 2.75) is 11.8 Å². The fourth-order valence-electron chi connectivity index (χ4n) is 1.84. The Bertz CT molecular complexity index is 837. The minimum absolute atomic E-state index is 0.000425. The lowest BCUT2D eigenvalue weighted by Crippen LogP contribution is -2.29. The van der Waals surface area contributed by atoms with E-state index in [1.807, 2.05) is 0 Å². The van der Waals surface area contributed by atoms with Crippen molar-refractivity contribution in [3.63, 3.8) is 0 Å². The summed E-state index contributed by atoms with van der Waals surface area (Å²) in [6.45, 7) is 1.72. The van der Waals surface area contributed by atoms with E-state index in [9.17, 15) is 30.4 Å². The zero-order valence-corrected chi connectivity index (χ0v) is 12.7. The van der Waals surface area contributed by atoms with Crippen LogP contribution in [0.2, 0.25) is 0 Å². The van der Waals surface area contributed by atoms with E-state index in [1.165, 1.54) is 24.3 Å². The summed E-state index contributed by atoms with van der Waals surface area (Å²) in [6.07, 6.45) is 0. The monoisotopic (exact) mass is 351 g/mol. The van der Waals surface area contributed by atoms with Gasteiger partial charge in [-0.3, -0.25) is 4.31 Å². The summed E-state index contributed by atoms with van der Waals surface area (Å²) < 4.78 is 91.8. The molecule has 0 unspecified atom stereocenters. The van der Waals surface area contributed by atoms with Crippen LogP contribution in [0, 0.1) is 36.0 Å². The van der Waals surface area contributed by atoms with Gasteiger partial charge in [0.05, 0.1) is 5.69 Å². The Balaban J connectivity index is 2.67. The third-order valence-corrected chi connectivity index (χ3v) is 4.99. The minimum Gasteiger partial charge on any atom is -0.269 e. The fraction of sp³-hybridized carbons (Fsp3) is 0.143. The summed E-state index contributed by atoms with van der Waals surface area (Å²) in [6, 6.07) is 5.72. The van der Waals surface area contributed by atoms with Crippen LogP contribution in [0.4, 0.5) is 27.6 Å². The minimum atomic E-state index is -4.99. The predicted octanol–water partition coefficient (Wildman–Crippen LogP) is 3.52. The summed E-state index contributed by atoms with van der Waals surface area (Å²) in [7, 11) is -4.05. The second-order valence-electron chi connectivity index (χ2n) is 4.71. The van der Waals surface area contributed by atoms with Gasteiger partial charge in [-0.25, -0.2) is 30.4 Å². The van der Waals surface area contributed by atoms with Crippen molar-refractivity contribution in [1.82, 2.24) is 0 Å². The first-order chi connectivity index (χ1) is 10.6. The van der Waals surface area contributed by atoms with E-state index in [4.69, 9.17) is 0 Å². The van der Waals surface area contributed by atoms with Crippen molar-refractivity contribution in [2.24, 2.45) is 0 Å². The van der Waals surface area contributed by atoms with E-state index in [0.29, 0.717) is 4.31 Å². The molecule has 0 spiro atoms. The lowest BCUT2D eigenvalue weighted by molar-refractivity contribution is 0.357. The first-order valence-electron chi connectivity index (χ1n) is 6.16. The predicted molar refractivity (Wildman–Crippen MR) is 73.0 cm³/mol. The number of aryl methyl sites for hydroxylation is 1. The standard InChI is InChI=1S/C14H10F5NO2S/c1-7-3-5-8(6-4-7)20(2)23(21,22)14-12(18)10(16)9(15)11(17)13(14)19/h3-6H,1-2H3. The van der Waals surface area contributed by atoms with Crippen LogP contribution in [0.25, 0.3) is 0 Å². The van der Waals surface area contributed by atoms with Crippen molar-refractivity contribution < 1.29 is 30.4 Å². The Labute approximate surface area is 129 Å². The summed E-state index contributed by atoms with van der Waals surface area (Å²) in [5.74, 6) is -11.9. The van der Waals surface area contributed by atoms with Gasteiger partial charge in [0.25, 0.3) is 10.0 Å². The van der Waals surface area contributed by atoms with E-state index >= 15 is 0 Å². The molecule has 2 rings (SSSR count). The average Bonchev–Trinajstić information content (AvgIpc) is 2.51. The number of benzene rings is 2. The lowest BCUT2D eigenvalue weighted by atomic mass is 10.2. The molecule has 0 aliphatic carbocycles. The quantitative estimate of drug-likeness (QED) is 0.482. The Hall–Kier alpha value is -2.16. The maximum absolute atomic E-state index is 13.7. The van der Waals surface area contributed by atoms with Crippen LogP contribution in [0.5, 0.6) is 0 Å². The highest BCUT2D eigenvalue weighted by atomic mass is 32.2. The van der Waals surface area contributed by atoms with Crippen molar-refractivity contribution in [2.75, 3.05) is 11.4 Å². The highest BCUT2D eigenvalue weighted by Gasteiger charge is 2.36. The van der Waals surface area contributed by atoms with Gasteiger partial charge < -0.3 is 0 Å². The second-order valence-corrected chi connectivity index (χ2v) is 6.61. The van der Waals surface area contributed by atoms with Crippen LogP contribution in [0.3, 0.4) is 0 Å². The van der Waals surface area contributed by atoms with Gasteiger partial charge in [0.15, 0.2) is 28.2 Å². The third-order valence-electron chi connectivity index (χ3n) is 3.19. The largest absolute Gasteiger partial charge is 0.270 e. The van der Waals surface area contributed by atoms with Gasteiger partial charge in [0.1, 0.15) is 0 Å². The number of hydrogen-bond donors (Lipinski definition) is 0. The first kappa shape index (κ1) is 17.2. The maximum Gasteiger partial charge on any atom is 0.270 e. The van der Waals surface area contributed by atoms with Gasteiger partial charge in [-0.15, -0.1) is 0 Å². The molecule has 0 amide bonds. The van der Waals surface area contributed by atoms with Crippen LogP contribution in [-0.4, -0.2) is 15.5 Å². The van der Waals surface area contributed by atoms with Gasteiger partial charge >= 0.3 is 0 Å². The molecule has 0 saturated carbocycles. The van der Waals surface area contributed by atoms with E-state index < -0.39 is 44.0 Å². The average molecular weight is 351 g/mol. The molecule has 0 aliphatic heterocycles. The summed E-state index contributed by atoms with van der Waals surface area (Å²) in [5.41, 5.74) is 0.787. The van der Waals surface area contributed by atoms with Crippen LogP contribution in [0.15, 0.2) is 29.2 Å². The number of anilines is 1. The van der Waals surface area contributed by atoms with Gasteiger partial charge in [-0.1, -0.05) is 17.7 Å². The molecule has 0 atom stereocenters. The number of nitrogens with zero attached hydrogens (tertiary/aromatic N) is 1. The molecule has 0 heterocycles. The van der Waals surface area contributed by atoms with Crippen LogP contribution < -0.4 is 4.31 Å². The molecule has 2 aromatic carbocycles. The number of hydrogen-bond acceptors (Lipinski definition) is 2. The molecule has 2 aromatic rings. The molecule has 0 saturated heterocycles. The van der Waals surface area contributed by atoms with E-state index in [2.05, 4.69) is 0 Å². The zero-order chi connectivity index (χ0) is 17.5. The maximum atomic E-state index is 13.7. The van der Waals surface area contributed by atoms with Crippen LogP contribution in [-0.2, 0) is 10.0 Å². The topological polar surface area (TPSA) is 37.4 Å². The Morgan fingerprint density at radius 1 is 0.783 bits per heavy atom. The molecule has 23 heavy (non-hydrogen) atoms. The van der Waals surface area contributed by atoms with Crippen molar-refractivity contribution in [1.29, 1.82) is 0 Å². The SMILES string of the molecule is Cc1ccc(N(C)S(=O)(=O)c2c(F)c(F)c(F)c(F)c2F)cc1. The highest BCUT2D eigenvalue weighted by Crippen LogP contribution is 2.30. The molecule has 124 valence electrons. The normalized spacial score (nSPS) is 11.6. The molecule has 9 heteroatoms. The summed E-state index contributed by atoms with van der Waals surface area (Å²) in [5, 5.41) is 0. The zero-order valence-electron chi connectivity index (χ0n) is 11.9. The molecule has 0 fully saturated rings. The number of sulfonamides is 1. The second kappa shape index (κ2) is 5.80. The summed E-state index contributed by atoms with van der Waals surface area (Å²) in [4.78, 5) is -1.89. The number of halogens is 5. The smallest absolute Gasteiger partial charge is 0.269 e. The van der Waals surface area contributed by atoms with Crippen molar-refractivity contribution in [3.8, 4) is 0 Å². The Kier molecular flexibility index (Phi) is 4.34. The third kappa shape index (κ3) is 2.76. The Morgan fingerprint density at radius 2 is 1.17 bits per heavy atom. The van der Waals surface area contributed by atoms with Gasteiger partial charge in [-0.05, 0) is 19.1 Å². The summed E-state index contributed by atoms with van der Waals surface area (Å²) >= 11 is 0. The Morgan fingerprint density at radius 3 is 1.61 bits per heavy atom. The molecule has 0 aromatic heterocycles. The molecule has 0 N–H and O–H groups in total. The van der Waals surface area contributed by atoms with Crippen LogP contribution >= 0.6 is 0 Å². The molecular weight excluding hydrogens is 341 g/mol. The first-order valence-corrected chi connectivity index (χ1v) is 7.60. The number of rotatable bonds is 3. The molecule has 0 bridgehead atoms. The molecule has 3 nitrogen and oxygen atoms in total. The molecule has 0 aliphatic rings. The van der Waals surface area contributed by atoms with E-state index in [0.717, 1.165) is 12.6 Å². The van der Waals surface area contributed by atoms with E-state index in [-0.39, 0.29) is 5.69 Å². The van der Waals surface area contributed by atoms with Gasteiger partial charge in [0.2, 0.25) is 5.82 Å².